The summed E-state index contributed by atoms with van der Waals surface area (Å²) < 4.78 is 1.05. The number of aryl methyl sites for hydroxylation is 2. The average molecular weight is 311 g/mol. The molecule has 4 heteroatoms. The Morgan fingerprint density at radius 2 is 1.94 bits per heavy atom. The van der Waals surface area contributed by atoms with Crippen molar-refractivity contribution >= 4 is 27.5 Å². The molecule has 0 saturated carbocycles. The Bertz CT molecular complexity index is 446. The van der Waals surface area contributed by atoms with Gasteiger partial charge in [0, 0.05) is 16.1 Å². The molecule has 0 aromatic heterocycles. The van der Waals surface area contributed by atoms with Gasteiger partial charge in [0.2, 0.25) is 5.91 Å². The average Bonchev–Trinajstić information content (AvgIpc) is 2.20. The number of nitrogens with one attached hydrogen (secondary N) is 2. The molecule has 98 valence electrons. The SMILES string of the molecule is Cc1cc(Br)cc(C)c1NC(=O)C(C)C1CNC1. The lowest BCUT2D eigenvalue weighted by Crippen LogP contribution is -2.48. The Morgan fingerprint density at radius 1 is 1.39 bits per heavy atom. The first-order valence-corrected chi connectivity index (χ1v) is 7.06. The fourth-order valence-electron chi connectivity index (χ4n) is 2.22. The third kappa shape index (κ3) is 2.75. The molecule has 1 unspecified atom stereocenters. The molecular weight excluding hydrogens is 292 g/mol. The van der Waals surface area contributed by atoms with Crippen molar-refractivity contribution in [3.8, 4) is 0 Å². The van der Waals surface area contributed by atoms with Crippen LogP contribution in [-0.4, -0.2) is 19.0 Å². The number of rotatable bonds is 3. The number of carbonyl (C=O) groups excluding carboxylic acids is 1. The van der Waals surface area contributed by atoms with Crippen molar-refractivity contribution < 1.29 is 4.79 Å². The molecule has 1 aromatic carbocycles. The van der Waals surface area contributed by atoms with Gasteiger partial charge in [0.15, 0.2) is 0 Å². The molecule has 0 bridgehead atoms. The molecule has 3 nitrogen and oxygen atoms in total. The van der Waals surface area contributed by atoms with Crippen molar-refractivity contribution in [1.29, 1.82) is 0 Å². The molecule has 1 heterocycles. The minimum absolute atomic E-state index is 0.0636. The molecule has 0 aliphatic carbocycles. The second-order valence-electron chi connectivity index (χ2n) is 5.11. The zero-order valence-electron chi connectivity index (χ0n) is 11.0. The minimum Gasteiger partial charge on any atom is -0.325 e. The van der Waals surface area contributed by atoms with Gasteiger partial charge in [0.05, 0.1) is 0 Å². The molecule has 18 heavy (non-hydrogen) atoms. The third-order valence-electron chi connectivity index (χ3n) is 3.68. The van der Waals surface area contributed by atoms with Crippen molar-refractivity contribution in [2.45, 2.75) is 20.8 Å². The van der Waals surface area contributed by atoms with Crippen molar-refractivity contribution in [2.24, 2.45) is 11.8 Å². The minimum atomic E-state index is 0.0636. The van der Waals surface area contributed by atoms with Gasteiger partial charge in [-0.15, -0.1) is 0 Å². The van der Waals surface area contributed by atoms with Gasteiger partial charge >= 0.3 is 0 Å². The quantitative estimate of drug-likeness (QED) is 0.901. The van der Waals surface area contributed by atoms with Crippen LogP contribution in [0.3, 0.4) is 0 Å². The monoisotopic (exact) mass is 310 g/mol. The maximum Gasteiger partial charge on any atom is 0.227 e. The van der Waals surface area contributed by atoms with E-state index in [-0.39, 0.29) is 11.8 Å². The number of benzene rings is 1. The van der Waals surface area contributed by atoms with E-state index in [0.29, 0.717) is 5.92 Å². The highest BCUT2D eigenvalue weighted by molar-refractivity contribution is 9.10. The highest BCUT2D eigenvalue weighted by Gasteiger charge is 2.29. The molecule has 1 atom stereocenters. The van der Waals surface area contributed by atoms with Crippen LogP contribution in [0, 0.1) is 25.7 Å². The van der Waals surface area contributed by atoms with Crippen LogP contribution in [0.1, 0.15) is 18.1 Å². The van der Waals surface area contributed by atoms with Crippen molar-refractivity contribution in [3.05, 3.63) is 27.7 Å². The first-order valence-electron chi connectivity index (χ1n) is 6.27. The van der Waals surface area contributed by atoms with Crippen LogP contribution in [0.4, 0.5) is 5.69 Å². The molecule has 2 N–H and O–H groups in total. The summed E-state index contributed by atoms with van der Waals surface area (Å²) in [5.41, 5.74) is 3.13. The molecule has 1 fully saturated rings. The van der Waals surface area contributed by atoms with E-state index in [1.807, 2.05) is 32.9 Å². The zero-order chi connectivity index (χ0) is 13.3. The molecule has 1 saturated heterocycles. The summed E-state index contributed by atoms with van der Waals surface area (Å²) in [6, 6.07) is 4.05. The standard InChI is InChI=1S/C14H19BrN2O/c1-8-4-12(15)5-9(2)13(8)17-14(18)10(3)11-6-16-7-11/h4-5,10-11,16H,6-7H2,1-3H3,(H,17,18). The summed E-state index contributed by atoms with van der Waals surface area (Å²) in [7, 11) is 0. The first kappa shape index (κ1) is 13.6. The normalized spacial score (nSPS) is 17.1. The van der Waals surface area contributed by atoms with Crippen molar-refractivity contribution in [1.82, 2.24) is 5.32 Å². The van der Waals surface area contributed by atoms with Gasteiger partial charge in [-0.25, -0.2) is 0 Å². The molecular formula is C14H19BrN2O. The predicted octanol–water partition coefficient (Wildman–Crippen LogP) is 2.86. The van der Waals surface area contributed by atoms with E-state index in [1.165, 1.54) is 0 Å². The largest absolute Gasteiger partial charge is 0.325 e. The fourth-order valence-corrected chi connectivity index (χ4v) is 2.91. The van der Waals surface area contributed by atoms with Gasteiger partial charge in [-0.1, -0.05) is 22.9 Å². The summed E-state index contributed by atoms with van der Waals surface area (Å²) in [5, 5.41) is 6.27. The first-order chi connectivity index (χ1) is 8.49. The summed E-state index contributed by atoms with van der Waals surface area (Å²) >= 11 is 3.46. The second-order valence-corrected chi connectivity index (χ2v) is 6.03. The summed E-state index contributed by atoms with van der Waals surface area (Å²) in [6.07, 6.45) is 0. The molecule has 1 aliphatic rings. The summed E-state index contributed by atoms with van der Waals surface area (Å²) in [5.74, 6) is 0.657. The maximum atomic E-state index is 12.2. The van der Waals surface area contributed by atoms with Gasteiger partial charge in [0.25, 0.3) is 0 Å². The summed E-state index contributed by atoms with van der Waals surface area (Å²) in [6.45, 7) is 7.94. The Labute approximate surface area is 116 Å². The van der Waals surface area contributed by atoms with Crippen molar-refractivity contribution in [3.63, 3.8) is 0 Å². The molecule has 1 aliphatic heterocycles. The number of hydrogen-bond donors (Lipinski definition) is 2. The van der Waals surface area contributed by atoms with Gasteiger partial charge in [-0.2, -0.15) is 0 Å². The number of halogens is 1. The van der Waals surface area contributed by atoms with Crippen LogP contribution in [-0.2, 0) is 4.79 Å². The van der Waals surface area contributed by atoms with E-state index in [2.05, 4.69) is 26.6 Å². The van der Waals surface area contributed by atoms with Gasteiger partial charge in [-0.05, 0) is 56.1 Å². The van der Waals surface area contributed by atoms with Crippen LogP contribution in [0.5, 0.6) is 0 Å². The molecule has 2 rings (SSSR count). The van der Waals surface area contributed by atoms with Crippen LogP contribution >= 0.6 is 15.9 Å². The lowest BCUT2D eigenvalue weighted by atomic mass is 9.88. The lowest BCUT2D eigenvalue weighted by Gasteiger charge is -2.32. The summed E-state index contributed by atoms with van der Waals surface area (Å²) in [4.78, 5) is 12.2. The topological polar surface area (TPSA) is 41.1 Å². The molecule has 0 spiro atoms. The highest BCUT2D eigenvalue weighted by atomic mass is 79.9. The van der Waals surface area contributed by atoms with E-state index >= 15 is 0 Å². The van der Waals surface area contributed by atoms with Crippen LogP contribution < -0.4 is 10.6 Å². The molecule has 1 amide bonds. The van der Waals surface area contributed by atoms with E-state index < -0.39 is 0 Å². The van der Waals surface area contributed by atoms with Crippen LogP contribution in [0.25, 0.3) is 0 Å². The second kappa shape index (κ2) is 5.41. The number of amides is 1. The lowest BCUT2D eigenvalue weighted by molar-refractivity contribution is -0.121. The van der Waals surface area contributed by atoms with Gasteiger partial charge in [-0.3, -0.25) is 4.79 Å². The Kier molecular flexibility index (Phi) is 4.07. The Balaban J connectivity index is 2.11. The maximum absolute atomic E-state index is 12.2. The van der Waals surface area contributed by atoms with Gasteiger partial charge < -0.3 is 10.6 Å². The molecule has 1 aromatic rings. The number of carbonyl (C=O) groups is 1. The zero-order valence-corrected chi connectivity index (χ0v) is 12.6. The Morgan fingerprint density at radius 3 is 2.39 bits per heavy atom. The predicted molar refractivity (Wildman–Crippen MR) is 77.8 cm³/mol. The fraction of sp³-hybridized carbons (Fsp3) is 0.500. The van der Waals surface area contributed by atoms with Crippen LogP contribution in [0.2, 0.25) is 0 Å². The van der Waals surface area contributed by atoms with E-state index in [4.69, 9.17) is 0 Å². The van der Waals surface area contributed by atoms with Crippen LogP contribution in [0.15, 0.2) is 16.6 Å². The third-order valence-corrected chi connectivity index (χ3v) is 4.14. The van der Waals surface area contributed by atoms with E-state index in [0.717, 1.165) is 34.4 Å². The number of anilines is 1. The number of hydrogen-bond acceptors (Lipinski definition) is 2. The highest BCUT2D eigenvalue weighted by Crippen LogP contribution is 2.26. The van der Waals surface area contributed by atoms with E-state index in [9.17, 15) is 4.79 Å². The van der Waals surface area contributed by atoms with Gasteiger partial charge in [0.1, 0.15) is 0 Å². The van der Waals surface area contributed by atoms with Crippen molar-refractivity contribution in [2.75, 3.05) is 18.4 Å². The Hall–Kier alpha value is -0.870. The smallest absolute Gasteiger partial charge is 0.227 e. The van der Waals surface area contributed by atoms with E-state index in [1.54, 1.807) is 0 Å². The molecule has 0 radical (unpaired) electrons.